The largest absolute Gasteiger partial charge is 0.498 e. The molecule has 14 heteroatoms. The van der Waals surface area contributed by atoms with Crippen molar-refractivity contribution in [1.82, 2.24) is 15.0 Å². The lowest BCUT2D eigenvalue weighted by molar-refractivity contribution is -0.617. The van der Waals surface area contributed by atoms with Crippen LogP contribution >= 0.6 is 0 Å². The smallest absolute Gasteiger partial charge is 0.424 e. The molecule has 6 aliphatic rings. The Morgan fingerprint density at radius 1 is 0.688 bits per heavy atom. The van der Waals surface area contributed by atoms with Crippen LogP contribution in [-0.2, 0) is 32.2 Å². The number of Topliss-reactive ketones (excluding diaryl/α,β-unsaturated/α-hetero) is 2. The van der Waals surface area contributed by atoms with Gasteiger partial charge in [-0.1, -0.05) is 85.0 Å². The molecule has 2 fully saturated rings. The SMILES string of the molecule is C=CCN(CC=C)[C@@H]1c2o[nH+]c(OCc3ccccc3)c2C(=O)[C@@]23O[C@@H](C=C2OC)CC13.C=CCN(CC=C)[C@@H]1c2onc(OCc3ccccc3)c2C(=O)[C@]23O[C@H](C=C2OC)CC13. The maximum Gasteiger partial charge on any atom is 0.424 e. The molecule has 10 rings (SSSR count). The molecule has 2 aromatic carbocycles. The molecule has 2 aromatic heterocycles. The number of aromatic nitrogens is 2. The molecule has 332 valence electrons. The molecular formula is C50H53N4O10+. The van der Waals surface area contributed by atoms with Crippen molar-refractivity contribution in [3.63, 3.8) is 0 Å². The molecule has 0 saturated carbocycles. The molecule has 2 aliphatic carbocycles. The zero-order valence-corrected chi connectivity index (χ0v) is 36.1. The second kappa shape index (κ2) is 17.7. The van der Waals surface area contributed by atoms with Crippen molar-refractivity contribution in [2.45, 2.75) is 61.5 Å². The number of nitrogens with one attached hydrogen (secondary N) is 1. The Hall–Kier alpha value is -6.32. The van der Waals surface area contributed by atoms with Crippen LogP contribution in [0.3, 0.4) is 0 Å². The van der Waals surface area contributed by atoms with Gasteiger partial charge in [-0.15, -0.1) is 26.3 Å². The Morgan fingerprint density at radius 3 is 1.64 bits per heavy atom. The number of aromatic amines is 1. The van der Waals surface area contributed by atoms with Crippen LogP contribution in [0.15, 0.2) is 144 Å². The molecule has 64 heavy (non-hydrogen) atoms. The Labute approximate surface area is 372 Å². The quantitative estimate of drug-likeness (QED) is 0.0935. The molecule has 4 aromatic rings. The van der Waals surface area contributed by atoms with E-state index in [1.807, 2.05) is 97.1 Å². The fraction of sp³-hybridized carbons (Fsp3) is 0.360. The van der Waals surface area contributed by atoms with Gasteiger partial charge in [-0.3, -0.25) is 19.4 Å². The van der Waals surface area contributed by atoms with Crippen molar-refractivity contribution in [2.75, 3.05) is 40.4 Å². The van der Waals surface area contributed by atoms with E-state index in [1.165, 1.54) is 0 Å². The van der Waals surface area contributed by atoms with Crippen LogP contribution in [0, 0.1) is 11.8 Å². The number of nitrogens with zero attached hydrogens (tertiary/aromatic N) is 3. The molecule has 6 heterocycles. The third-order valence-corrected chi connectivity index (χ3v) is 13.1. The fourth-order valence-electron chi connectivity index (χ4n) is 10.6. The number of methoxy groups -OCH3 is 2. The van der Waals surface area contributed by atoms with E-state index < -0.39 is 11.2 Å². The molecule has 0 amide bonds. The molecule has 2 saturated heterocycles. The van der Waals surface area contributed by atoms with Gasteiger partial charge in [0.1, 0.15) is 30.3 Å². The minimum absolute atomic E-state index is 0.158. The lowest BCUT2D eigenvalue weighted by Crippen LogP contribution is -2.54. The zero-order chi connectivity index (χ0) is 44.6. The summed E-state index contributed by atoms with van der Waals surface area (Å²) in [6.45, 7) is 18.6. The van der Waals surface area contributed by atoms with Gasteiger partial charge in [0.2, 0.25) is 17.3 Å². The van der Waals surface area contributed by atoms with E-state index >= 15 is 0 Å². The first-order valence-electron chi connectivity index (χ1n) is 21.5. The van der Waals surface area contributed by atoms with Crippen LogP contribution < -0.4 is 14.6 Å². The molecule has 4 aliphatic heterocycles. The summed E-state index contributed by atoms with van der Waals surface area (Å²) in [6, 6.07) is 19.0. The molecule has 8 atom stereocenters. The molecule has 2 unspecified atom stereocenters. The highest BCUT2D eigenvalue weighted by Crippen LogP contribution is 2.61. The van der Waals surface area contributed by atoms with Gasteiger partial charge < -0.3 is 32.9 Å². The molecular weight excluding hydrogens is 817 g/mol. The van der Waals surface area contributed by atoms with Gasteiger partial charge in [0.25, 0.3) is 5.88 Å². The number of ether oxygens (including phenoxy) is 6. The van der Waals surface area contributed by atoms with Crippen LogP contribution in [0.1, 0.15) is 68.3 Å². The van der Waals surface area contributed by atoms with Gasteiger partial charge in [0.15, 0.2) is 22.5 Å². The topological polar surface area (TPSA) is 149 Å². The molecule has 2 spiro atoms. The van der Waals surface area contributed by atoms with Crippen molar-refractivity contribution in [1.29, 1.82) is 0 Å². The normalized spacial score (nSPS) is 27.6. The zero-order valence-electron chi connectivity index (χ0n) is 36.1. The number of carbonyl (C=O) groups excluding carboxylic acids is 2. The minimum Gasteiger partial charge on any atom is -0.498 e. The highest BCUT2D eigenvalue weighted by atomic mass is 16.6. The molecule has 0 radical (unpaired) electrons. The first kappa shape index (κ1) is 43.0. The van der Waals surface area contributed by atoms with Crippen LogP contribution in [0.2, 0.25) is 0 Å². The maximum atomic E-state index is 14.0. The van der Waals surface area contributed by atoms with Gasteiger partial charge in [0, 0.05) is 43.2 Å². The average Bonchev–Trinajstić information content (AvgIpc) is 4.19. The summed E-state index contributed by atoms with van der Waals surface area (Å²) in [5.41, 5.74) is 0.281. The van der Waals surface area contributed by atoms with Crippen molar-refractivity contribution in [2.24, 2.45) is 11.8 Å². The maximum absolute atomic E-state index is 14.0. The number of carbonyl (C=O) groups is 2. The number of H-pyrrole nitrogens is 1. The standard InChI is InChI=1S/2C25H26N2O5/c2*1-4-11-27(12-5-2)21-18-13-17-14-19(29-3)25(18,31-17)23(28)20-22(21)32-26-24(20)30-15-16-9-7-6-8-10-16/h2*4-10,14,17-18,21H,1-2,11-13,15H2,3H3/p+1/t17-,18?,21+,25+;17-,18?,21-,25+/m10/s1. The van der Waals surface area contributed by atoms with E-state index in [9.17, 15) is 9.59 Å². The molecule has 14 nitrogen and oxygen atoms in total. The number of rotatable bonds is 18. The molecule has 4 bridgehead atoms. The average molecular weight is 870 g/mol. The van der Waals surface area contributed by atoms with E-state index in [0.717, 1.165) is 11.1 Å². The highest BCUT2D eigenvalue weighted by Gasteiger charge is 2.71. The van der Waals surface area contributed by atoms with Crippen molar-refractivity contribution < 1.29 is 52.2 Å². The van der Waals surface area contributed by atoms with E-state index in [1.54, 1.807) is 14.2 Å². The van der Waals surface area contributed by atoms with Crippen LogP contribution in [0.5, 0.6) is 11.8 Å². The third-order valence-electron chi connectivity index (χ3n) is 13.1. The van der Waals surface area contributed by atoms with Crippen molar-refractivity contribution in [3.05, 3.63) is 169 Å². The van der Waals surface area contributed by atoms with Crippen LogP contribution in [-0.4, -0.2) is 90.3 Å². The number of fused-ring (bicyclic) bond motifs is 4. The molecule has 1 N–H and O–H groups in total. The third kappa shape index (κ3) is 6.87. The predicted molar refractivity (Wildman–Crippen MR) is 233 cm³/mol. The fourth-order valence-corrected chi connectivity index (χ4v) is 10.6. The first-order valence-corrected chi connectivity index (χ1v) is 21.5. The number of ketones is 2. The van der Waals surface area contributed by atoms with E-state index in [2.05, 4.69) is 46.4 Å². The van der Waals surface area contributed by atoms with Gasteiger partial charge in [-0.25, -0.2) is 4.52 Å². The number of benzene rings is 2. The van der Waals surface area contributed by atoms with Crippen LogP contribution in [0.25, 0.3) is 0 Å². The Balaban J connectivity index is 0.000000162. The minimum atomic E-state index is -1.20. The number of hydrogen-bond donors (Lipinski definition) is 0. The van der Waals surface area contributed by atoms with Gasteiger partial charge >= 0.3 is 5.88 Å². The Morgan fingerprint density at radius 2 is 1.16 bits per heavy atom. The van der Waals surface area contributed by atoms with Gasteiger partial charge in [-0.05, 0) is 41.3 Å². The first-order chi connectivity index (χ1) is 31.3. The van der Waals surface area contributed by atoms with Crippen molar-refractivity contribution >= 4 is 11.6 Å². The van der Waals surface area contributed by atoms with Crippen LogP contribution in [0.4, 0.5) is 0 Å². The summed E-state index contributed by atoms with van der Waals surface area (Å²) in [5, 5.41) is 7.01. The van der Waals surface area contributed by atoms with E-state index in [-0.39, 0.29) is 60.2 Å². The monoisotopic (exact) mass is 869 g/mol. The summed E-state index contributed by atoms with van der Waals surface area (Å²) in [7, 11) is 3.16. The summed E-state index contributed by atoms with van der Waals surface area (Å²) in [6.07, 6.45) is 12.2. The summed E-state index contributed by atoms with van der Waals surface area (Å²) >= 11 is 0. The second-order valence-electron chi connectivity index (χ2n) is 16.6. The van der Waals surface area contributed by atoms with Gasteiger partial charge in [0.05, 0.1) is 38.5 Å². The summed E-state index contributed by atoms with van der Waals surface area (Å²) in [4.78, 5) is 32.3. The lowest BCUT2D eigenvalue weighted by atomic mass is 9.67. The highest BCUT2D eigenvalue weighted by molar-refractivity contribution is 6.09. The lowest BCUT2D eigenvalue weighted by Gasteiger charge is -2.43. The van der Waals surface area contributed by atoms with E-state index in [4.69, 9.17) is 37.5 Å². The van der Waals surface area contributed by atoms with E-state index in [0.29, 0.717) is 85.7 Å². The van der Waals surface area contributed by atoms with Gasteiger partial charge in [-0.2, -0.15) is 0 Å². The summed E-state index contributed by atoms with van der Waals surface area (Å²) < 4.78 is 47.6. The predicted octanol–water partition coefficient (Wildman–Crippen LogP) is 7.12. The van der Waals surface area contributed by atoms with Crippen molar-refractivity contribution in [3.8, 4) is 11.8 Å². The summed E-state index contributed by atoms with van der Waals surface area (Å²) in [5.74, 6) is 1.91. The Kier molecular flexibility index (Phi) is 11.9. The number of hydrogen-bond acceptors (Lipinski definition) is 13. The second-order valence-corrected chi connectivity index (χ2v) is 16.6. The Bertz CT molecular complexity index is 2300.